The summed E-state index contributed by atoms with van der Waals surface area (Å²) < 4.78 is 0. The second kappa shape index (κ2) is 6.86. The summed E-state index contributed by atoms with van der Waals surface area (Å²) in [7, 11) is 0. The topological polar surface area (TPSA) is 37.3 Å². The van der Waals surface area contributed by atoms with Crippen molar-refractivity contribution in [2.24, 2.45) is 11.8 Å². The van der Waals surface area contributed by atoms with Gasteiger partial charge < -0.3 is 5.11 Å². The van der Waals surface area contributed by atoms with Gasteiger partial charge in [-0.3, -0.25) is 4.79 Å². The van der Waals surface area contributed by atoms with Gasteiger partial charge in [-0.05, 0) is 24.7 Å². The van der Waals surface area contributed by atoms with Gasteiger partial charge in [0.25, 0.3) is 0 Å². The number of aliphatic carboxylic acids is 1. The molecule has 88 valence electrons. The molecule has 0 aliphatic heterocycles. The van der Waals surface area contributed by atoms with Gasteiger partial charge in [-0.2, -0.15) is 0 Å². The molecule has 15 heavy (non-hydrogen) atoms. The summed E-state index contributed by atoms with van der Waals surface area (Å²) in [6.45, 7) is 2.23. The summed E-state index contributed by atoms with van der Waals surface area (Å²) >= 11 is 0. The van der Waals surface area contributed by atoms with Gasteiger partial charge in [-0.15, -0.1) is 0 Å². The summed E-state index contributed by atoms with van der Waals surface area (Å²) in [5.41, 5.74) is 0. The first kappa shape index (κ1) is 12.5. The van der Waals surface area contributed by atoms with Crippen molar-refractivity contribution < 1.29 is 9.90 Å². The summed E-state index contributed by atoms with van der Waals surface area (Å²) in [5.74, 6) is 0.659. The quantitative estimate of drug-likeness (QED) is 0.679. The van der Waals surface area contributed by atoms with E-state index in [-0.39, 0.29) is 0 Å². The molecule has 1 aliphatic rings. The van der Waals surface area contributed by atoms with Crippen LogP contribution in [0, 0.1) is 11.8 Å². The van der Waals surface area contributed by atoms with E-state index in [0.29, 0.717) is 12.3 Å². The molecule has 0 saturated heterocycles. The number of carbonyl (C=O) groups is 1. The second-order valence-electron chi connectivity index (χ2n) is 4.99. The Hall–Kier alpha value is -0.530. The molecule has 0 aromatic heterocycles. The van der Waals surface area contributed by atoms with Crippen LogP contribution in [0.5, 0.6) is 0 Å². The number of hydrogen-bond donors (Lipinski definition) is 1. The number of unbranched alkanes of at least 4 members (excludes halogenated alkanes) is 2. The monoisotopic (exact) mass is 212 g/mol. The summed E-state index contributed by atoms with van der Waals surface area (Å²) in [4.78, 5) is 10.6. The predicted molar refractivity (Wildman–Crippen MR) is 61.8 cm³/mol. The third-order valence-corrected chi connectivity index (χ3v) is 3.57. The third kappa shape index (κ3) is 5.19. The van der Waals surface area contributed by atoms with Gasteiger partial charge in [-0.25, -0.2) is 0 Å². The zero-order chi connectivity index (χ0) is 11.1. The van der Waals surface area contributed by atoms with E-state index in [1.54, 1.807) is 0 Å². The molecule has 2 unspecified atom stereocenters. The van der Waals surface area contributed by atoms with Crippen molar-refractivity contribution in [3.8, 4) is 0 Å². The number of carboxylic acid groups (broad SMARTS) is 1. The van der Waals surface area contributed by atoms with Gasteiger partial charge in [0.05, 0.1) is 0 Å². The first-order chi connectivity index (χ1) is 7.22. The van der Waals surface area contributed by atoms with Crippen molar-refractivity contribution in [2.45, 2.75) is 64.7 Å². The highest BCUT2D eigenvalue weighted by molar-refractivity contribution is 5.67. The Kier molecular flexibility index (Phi) is 5.74. The van der Waals surface area contributed by atoms with Crippen molar-refractivity contribution in [3.63, 3.8) is 0 Å². The van der Waals surface area contributed by atoms with Crippen LogP contribution in [0.1, 0.15) is 64.7 Å². The molecule has 2 atom stereocenters. The van der Waals surface area contributed by atoms with Gasteiger partial charge in [0, 0.05) is 6.42 Å². The molecule has 0 heterocycles. The fraction of sp³-hybridized carbons (Fsp3) is 0.923. The average molecular weight is 212 g/mol. The first-order valence-electron chi connectivity index (χ1n) is 6.44. The lowest BCUT2D eigenvalue weighted by molar-refractivity contribution is -0.138. The minimum Gasteiger partial charge on any atom is -0.481 e. The van der Waals surface area contributed by atoms with Crippen molar-refractivity contribution in [1.82, 2.24) is 0 Å². The molecule has 1 rings (SSSR count). The minimum absolute atomic E-state index is 0.393. The van der Waals surface area contributed by atoms with Crippen molar-refractivity contribution in [3.05, 3.63) is 0 Å². The van der Waals surface area contributed by atoms with Crippen LogP contribution in [0.15, 0.2) is 0 Å². The van der Waals surface area contributed by atoms with Crippen molar-refractivity contribution in [1.29, 1.82) is 0 Å². The van der Waals surface area contributed by atoms with E-state index in [4.69, 9.17) is 5.11 Å². The normalized spacial score (nSPS) is 26.5. The molecule has 0 bridgehead atoms. The van der Waals surface area contributed by atoms with Crippen LogP contribution in [0.4, 0.5) is 0 Å². The van der Waals surface area contributed by atoms with E-state index >= 15 is 0 Å². The summed E-state index contributed by atoms with van der Waals surface area (Å²) in [5, 5.41) is 8.77. The first-order valence-corrected chi connectivity index (χ1v) is 6.44. The molecule has 2 heteroatoms. The molecular weight excluding hydrogens is 188 g/mol. The molecule has 0 amide bonds. The van der Waals surface area contributed by atoms with Gasteiger partial charge >= 0.3 is 5.97 Å². The Morgan fingerprint density at radius 2 is 2.00 bits per heavy atom. The maximum absolute atomic E-state index is 10.6. The zero-order valence-electron chi connectivity index (χ0n) is 9.87. The van der Waals surface area contributed by atoms with E-state index in [1.807, 2.05) is 0 Å². The average Bonchev–Trinajstić information content (AvgIpc) is 2.18. The second-order valence-corrected chi connectivity index (χ2v) is 4.99. The number of hydrogen-bond acceptors (Lipinski definition) is 1. The van der Waals surface area contributed by atoms with E-state index in [0.717, 1.165) is 18.8 Å². The number of carboxylic acids is 1. The van der Waals surface area contributed by atoms with E-state index < -0.39 is 5.97 Å². The molecule has 0 aromatic rings. The highest BCUT2D eigenvalue weighted by Crippen LogP contribution is 2.33. The van der Waals surface area contributed by atoms with Gasteiger partial charge in [0.1, 0.15) is 0 Å². The van der Waals surface area contributed by atoms with E-state index in [1.165, 1.54) is 38.5 Å². The van der Waals surface area contributed by atoms with Gasteiger partial charge in [0.2, 0.25) is 0 Å². The molecular formula is C13H24O2. The highest BCUT2D eigenvalue weighted by Gasteiger charge is 2.23. The molecule has 1 saturated carbocycles. The van der Waals surface area contributed by atoms with Crippen LogP contribution in [-0.4, -0.2) is 11.1 Å². The largest absolute Gasteiger partial charge is 0.481 e. The predicted octanol–water partition coefficient (Wildman–Crippen LogP) is 3.85. The smallest absolute Gasteiger partial charge is 0.303 e. The van der Waals surface area contributed by atoms with Crippen LogP contribution in [0.2, 0.25) is 0 Å². The molecule has 2 nitrogen and oxygen atoms in total. The SMILES string of the molecule is CCCCCC1CCCC(CC(=O)O)C1. The highest BCUT2D eigenvalue weighted by atomic mass is 16.4. The lowest BCUT2D eigenvalue weighted by Gasteiger charge is -2.28. The molecule has 0 aromatic carbocycles. The lowest BCUT2D eigenvalue weighted by Crippen LogP contribution is -2.18. The maximum Gasteiger partial charge on any atom is 0.303 e. The Bertz CT molecular complexity index is 189. The molecule has 0 radical (unpaired) electrons. The van der Waals surface area contributed by atoms with Crippen LogP contribution in [0.3, 0.4) is 0 Å². The third-order valence-electron chi connectivity index (χ3n) is 3.57. The van der Waals surface area contributed by atoms with Gasteiger partial charge in [0.15, 0.2) is 0 Å². The van der Waals surface area contributed by atoms with Crippen molar-refractivity contribution in [2.75, 3.05) is 0 Å². The van der Waals surface area contributed by atoms with Crippen LogP contribution < -0.4 is 0 Å². The fourth-order valence-corrected chi connectivity index (χ4v) is 2.78. The molecule has 1 aliphatic carbocycles. The number of rotatable bonds is 6. The van der Waals surface area contributed by atoms with Crippen LogP contribution in [0.25, 0.3) is 0 Å². The minimum atomic E-state index is -0.616. The van der Waals surface area contributed by atoms with Crippen LogP contribution in [-0.2, 0) is 4.79 Å². The Morgan fingerprint density at radius 1 is 1.27 bits per heavy atom. The summed E-state index contributed by atoms with van der Waals surface area (Å²) in [6, 6.07) is 0. The van der Waals surface area contributed by atoms with Gasteiger partial charge in [-0.1, -0.05) is 45.4 Å². The van der Waals surface area contributed by atoms with Crippen LogP contribution >= 0.6 is 0 Å². The summed E-state index contributed by atoms with van der Waals surface area (Å²) in [6.07, 6.45) is 10.5. The lowest BCUT2D eigenvalue weighted by atomic mass is 9.78. The van der Waals surface area contributed by atoms with E-state index in [2.05, 4.69) is 6.92 Å². The fourth-order valence-electron chi connectivity index (χ4n) is 2.78. The Labute approximate surface area is 93.1 Å². The van der Waals surface area contributed by atoms with E-state index in [9.17, 15) is 4.79 Å². The Morgan fingerprint density at radius 3 is 2.67 bits per heavy atom. The molecule has 1 fully saturated rings. The molecule has 1 N–H and O–H groups in total. The standard InChI is InChI=1S/C13H24O2/c1-2-3-4-6-11-7-5-8-12(9-11)10-13(14)15/h11-12H,2-10H2,1H3,(H,14,15). The zero-order valence-corrected chi connectivity index (χ0v) is 9.87. The maximum atomic E-state index is 10.6. The molecule has 0 spiro atoms. The van der Waals surface area contributed by atoms with Crippen molar-refractivity contribution >= 4 is 5.97 Å². The Balaban J connectivity index is 2.19.